The van der Waals surface area contributed by atoms with Gasteiger partial charge in [-0.25, -0.2) is 4.98 Å². The van der Waals surface area contributed by atoms with Gasteiger partial charge in [0.15, 0.2) is 11.6 Å². The third-order valence-electron chi connectivity index (χ3n) is 2.11. The molecule has 1 rings (SSSR count). The van der Waals surface area contributed by atoms with Crippen molar-refractivity contribution in [1.82, 2.24) is 4.98 Å². The van der Waals surface area contributed by atoms with E-state index in [1.165, 1.54) is 0 Å². The summed E-state index contributed by atoms with van der Waals surface area (Å²) in [5.41, 5.74) is 0. The third-order valence-corrected chi connectivity index (χ3v) is 2.64. The molecule has 16 heavy (non-hydrogen) atoms. The highest BCUT2D eigenvalue weighted by atomic mass is 35.5. The van der Waals surface area contributed by atoms with E-state index in [0.29, 0.717) is 18.4 Å². The summed E-state index contributed by atoms with van der Waals surface area (Å²) in [6.07, 6.45) is 2.75. The highest BCUT2D eigenvalue weighted by Crippen LogP contribution is 2.21. The molecule has 0 aromatic carbocycles. The number of hydrogen-bond donors (Lipinski definition) is 1. The smallest absolute Gasteiger partial charge is 0.168 e. The quantitative estimate of drug-likeness (QED) is 0.746. The molecule has 0 spiro atoms. The SMILES string of the molecule is CCCOc1cccnc1NCC(C)CCl. The molecule has 4 heteroatoms. The molecule has 3 nitrogen and oxygen atoms in total. The predicted molar refractivity (Wildman–Crippen MR) is 68.4 cm³/mol. The molecule has 1 atom stereocenters. The van der Waals surface area contributed by atoms with Crippen molar-refractivity contribution in [2.24, 2.45) is 5.92 Å². The van der Waals surface area contributed by atoms with Gasteiger partial charge in [0.05, 0.1) is 6.61 Å². The van der Waals surface area contributed by atoms with Crippen molar-refractivity contribution in [1.29, 1.82) is 0 Å². The molecule has 90 valence electrons. The van der Waals surface area contributed by atoms with Gasteiger partial charge in [-0.1, -0.05) is 13.8 Å². The number of anilines is 1. The molecular formula is C12H19ClN2O. The minimum Gasteiger partial charge on any atom is -0.490 e. The van der Waals surface area contributed by atoms with E-state index in [9.17, 15) is 0 Å². The average molecular weight is 243 g/mol. The van der Waals surface area contributed by atoms with Crippen LogP contribution in [0.25, 0.3) is 0 Å². The Morgan fingerprint density at radius 3 is 3.06 bits per heavy atom. The lowest BCUT2D eigenvalue weighted by Gasteiger charge is -2.13. The molecule has 0 amide bonds. The summed E-state index contributed by atoms with van der Waals surface area (Å²) in [5, 5.41) is 3.25. The van der Waals surface area contributed by atoms with E-state index in [2.05, 4.69) is 24.1 Å². The molecule has 1 heterocycles. The van der Waals surface area contributed by atoms with Gasteiger partial charge in [-0.3, -0.25) is 0 Å². The fourth-order valence-electron chi connectivity index (χ4n) is 1.18. The number of ether oxygens (including phenoxy) is 1. The number of rotatable bonds is 7. The fourth-order valence-corrected chi connectivity index (χ4v) is 1.29. The first-order valence-corrected chi connectivity index (χ1v) is 6.19. The highest BCUT2D eigenvalue weighted by Gasteiger charge is 2.05. The third kappa shape index (κ3) is 4.27. The van der Waals surface area contributed by atoms with Gasteiger partial charge < -0.3 is 10.1 Å². The molecule has 1 unspecified atom stereocenters. The van der Waals surface area contributed by atoms with Gasteiger partial charge in [0, 0.05) is 18.6 Å². The van der Waals surface area contributed by atoms with E-state index in [1.54, 1.807) is 6.20 Å². The largest absolute Gasteiger partial charge is 0.490 e. The van der Waals surface area contributed by atoms with Gasteiger partial charge in [0.1, 0.15) is 0 Å². The highest BCUT2D eigenvalue weighted by molar-refractivity contribution is 6.18. The number of alkyl halides is 1. The van der Waals surface area contributed by atoms with E-state index < -0.39 is 0 Å². The summed E-state index contributed by atoms with van der Waals surface area (Å²) in [6.45, 7) is 5.70. The first-order valence-electron chi connectivity index (χ1n) is 5.65. The first kappa shape index (κ1) is 13.1. The zero-order valence-corrected chi connectivity index (χ0v) is 10.6. The van der Waals surface area contributed by atoms with Crippen molar-refractivity contribution < 1.29 is 4.74 Å². The molecule has 0 saturated heterocycles. The number of pyridine rings is 1. The van der Waals surface area contributed by atoms with Crippen LogP contribution in [0.1, 0.15) is 20.3 Å². The zero-order chi connectivity index (χ0) is 11.8. The maximum absolute atomic E-state index is 5.75. The Labute approximate surface area is 102 Å². The van der Waals surface area contributed by atoms with E-state index in [-0.39, 0.29) is 0 Å². The van der Waals surface area contributed by atoms with Crippen LogP contribution in [0.3, 0.4) is 0 Å². The van der Waals surface area contributed by atoms with Gasteiger partial charge in [-0.2, -0.15) is 0 Å². The topological polar surface area (TPSA) is 34.1 Å². The van der Waals surface area contributed by atoms with Gasteiger partial charge in [-0.15, -0.1) is 11.6 Å². The Bertz CT molecular complexity index is 307. The second kappa shape index (κ2) is 7.34. The standard InChI is InChI=1S/C12H19ClN2O/c1-3-7-16-11-5-4-6-14-12(11)15-9-10(2)8-13/h4-6,10H,3,7-9H2,1-2H3,(H,14,15). The summed E-state index contributed by atoms with van der Waals surface area (Å²) >= 11 is 5.75. The minimum absolute atomic E-state index is 0.419. The zero-order valence-electron chi connectivity index (χ0n) is 9.87. The van der Waals surface area contributed by atoms with Crippen LogP contribution in [-0.2, 0) is 0 Å². The normalized spacial score (nSPS) is 12.2. The average Bonchev–Trinajstić information content (AvgIpc) is 2.34. The van der Waals surface area contributed by atoms with E-state index in [4.69, 9.17) is 16.3 Å². The van der Waals surface area contributed by atoms with Gasteiger partial charge >= 0.3 is 0 Å². The van der Waals surface area contributed by atoms with E-state index in [0.717, 1.165) is 24.5 Å². The van der Waals surface area contributed by atoms with Crippen LogP contribution in [0.5, 0.6) is 5.75 Å². The van der Waals surface area contributed by atoms with Crippen molar-refractivity contribution in [3.05, 3.63) is 18.3 Å². The summed E-state index contributed by atoms with van der Waals surface area (Å²) in [5.74, 6) is 2.67. The second-order valence-corrected chi connectivity index (χ2v) is 4.15. The molecule has 0 aliphatic heterocycles. The molecule has 1 aromatic heterocycles. The van der Waals surface area contributed by atoms with Crippen LogP contribution < -0.4 is 10.1 Å². The van der Waals surface area contributed by atoms with Crippen LogP contribution >= 0.6 is 11.6 Å². The Kier molecular flexibility index (Phi) is 6.01. The van der Waals surface area contributed by atoms with Crippen LogP contribution in [0.15, 0.2) is 18.3 Å². The summed E-state index contributed by atoms with van der Waals surface area (Å²) < 4.78 is 5.59. The number of aromatic nitrogens is 1. The number of hydrogen-bond acceptors (Lipinski definition) is 3. The van der Waals surface area contributed by atoms with Crippen LogP contribution in [-0.4, -0.2) is 24.0 Å². The van der Waals surface area contributed by atoms with Crippen LogP contribution in [0, 0.1) is 5.92 Å². The van der Waals surface area contributed by atoms with Crippen LogP contribution in [0.2, 0.25) is 0 Å². The molecule has 0 aliphatic carbocycles. The maximum Gasteiger partial charge on any atom is 0.168 e. The monoisotopic (exact) mass is 242 g/mol. The lowest BCUT2D eigenvalue weighted by Crippen LogP contribution is -2.14. The Hall–Kier alpha value is -0.960. The fraction of sp³-hybridized carbons (Fsp3) is 0.583. The molecule has 0 aliphatic rings. The van der Waals surface area contributed by atoms with Crippen LogP contribution in [0.4, 0.5) is 5.82 Å². The molecule has 0 saturated carbocycles. The van der Waals surface area contributed by atoms with Crippen molar-refractivity contribution in [2.75, 3.05) is 24.3 Å². The van der Waals surface area contributed by atoms with Gasteiger partial charge in [-0.05, 0) is 24.5 Å². The molecular weight excluding hydrogens is 224 g/mol. The number of nitrogens with zero attached hydrogens (tertiary/aromatic N) is 1. The molecule has 0 radical (unpaired) electrons. The Morgan fingerprint density at radius 2 is 2.38 bits per heavy atom. The maximum atomic E-state index is 5.75. The summed E-state index contributed by atoms with van der Waals surface area (Å²) in [7, 11) is 0. The van der Waals surface area contributed by atoms with Crippen molar-refractivity contribution >= 4 is 17.4 Å². The van der Waals surface area contributed by atoms with Gasteiger partial charge in [0.25, 0.3) is 0 Å². The van der Waals surface area contributed by atoms with Gasteiger partial charge in [0.2, 0.25) is 0 Å². The predicted octanol–water partition coefficient (Wildman–Crippen LogP) is 3.16. The molecule has 0 bridgehead atoms. The molecule has 0 fully saturated rings. The first-order chi connectivity index (χ1) is 7.77. The van der Waals surface area contributed by atoms with E-state index >= 15 is 0 Å². The lowest BCUT2D eigenvalue weighted by atomic mass is 10.2. The summed E-state index contributed by atoms with van der Waals surface area (Å²) in [4.78, 5) is 4.26. The molecule has 1 N–H and O–H groups in total. The van der Waals surface area contributed by atoms with Crippen molar-refractivity contribution in [3.63, 3.8) is 0 Å². The van der Waals surface area contributed by atoms with E-state index in [1.807, 2.05) is 12.1 Å². The summed E-state index contributed by atoms with van der Waals surface area (Å²) in [6, 6.07) is 3.80. The number of nitrogens with one attached hydrogen (secondary N) is 1. The Morgan fingerprint density at radius 1 is 1.56 bits per heavy atom. The Balaban J connectivity index is 2.56. The lowest BCUT2D eigenvalue weighted by molar-refractivity contribution is 0.317. The van der Waals surface area contributed by atoms with Crippen molar-refractivity contribution in [3.8, 4) is 5.75 Å². The number of halogens is 1. The molecule has 1 aromatic rings. The van der Waals surface area contributed by atoms with Crippen molar-refractivity contribution in [2.45, 2.75) is 20.3 Å². The second-order valence-electron chi connectivity index (χ2n) is 3.84. The minimum atomic E-state index is 0.419.